The first-order valence-electron chi connectivity index (χ1n) is 5.44. The summed E-state index contributed by atoms with van der Waals surface area (Å²) in [6, 6.07) is 7.21. The molecule has 5 nitrogen and oxygen atoms in total. The zero-order chi connectivity index (χ0) is 13.7. The average Bonchev–Trinajstić information content (AvgIpc) is 2.37. The van der Waals surface area contributed by atoms with E-state index in [9.17, 15) is 4.79 Å². The molecule has 6 heteroatoms. The minimum Gasteiger partial charge on any atom is -0.409 e. The molecule has 0 aromatic heterocycles. The van der Waals surface area contributed by atoms with Crippen molar-refractivity contribution in [1.82, 2.24) is 4.90 Å². The van der Waals surface area contributed by atoms with Gasteiger partial charge in [0.2, 0.25) is 0 Å². The number of hydrogen-bond acceptors (Lipinski definition) is 3. The predicted molar refractivity (Wildman–Crippen MR) is 78.7 cm³/mol. The van der Waals surface area contributed by atoms with Crippen LogP contribution in [0.4, 0.5) is 0 Å². The van der Waals surface area contributed by atoms with Gasteiger partial charge in [-0.15, -0.1) is 0 Å². The normalized spacial score (nSPS) is 13.2. The van der Waals surface area contributed by atoms with Crippen LogP contribution in [0.2, 0.25) is 0 Å². The minimum absolute atomic E-state index is 0.0790. The van der Waals surface area contributed by atoms with Gasteiger partial charge in [0.1, 0.15) is 5.84 Å². The lowest BCUT2D eigenvalue weighted by atomic mass is 10.1. The Kier molecular flexibility index (Phi) is 5.39. The van der Waals surface area contributed by atoms with E-state index >= 15 is 0 Å². The number of oxime groups is 1. The second-order valence-electron chi connectivity index (χ2n) is 4.07. The maximum atomic E-state index is 12.1. The fourth-order valence-corrected chi connectivity index (χ4v) is 1.84. The van der Waals surface area contributed by atoms with E-state index < -0.39 is 0 Å². The largest absolute Gasteiger partial charge is 0.409 e. The molecular formula is C12H16IN3O2. The van der Waals surface area contributed by atoms with Gasteiger partial charge in [-0.2, -0.15) is 0 Å². The highest BCUT2D eigenvalue weighted by molar-refractivity contribution is 14.1. The van der Waals surface area contributed by atoms with Crippen LogP contribution >= 0.6 is 22.6 Å². The number of carbonyl (C=O) groups excluding carboxylic acids is 1. The molecule has 1 aromatic rings. The van der Waals surface area contributed by atoms with E-state index in [2.05, 4.69) is 27.7 Å². The zero-order valence-electron chi connectivity index (χ0n) is 10.3. The molecule has 0 radical (unpaired) electrons. The maximum Gasteiger partial charge on any atom is 0.253 e. The lowest BCUT2D eigenvalue weighted by Crippen LogP contribution is -2.37. The number of amides is 1. The van der Waals surface area contributed by atoms with Crippen molar-refractivity contribution in [3.8, 4) is 0 Å². The van der Waals surface area contributed by atoms with Gasteiger partial charge in [0.05, 0.1) is 0 Å². The predicted octanol–water partition coefficient (Wildman–Crippen LogP) is 1.89. The Morgan fingerprint density at radius 1 is 1.50 bits per heavy atom. The van der Waals surface area contributed by atoms with Gasteiger partial charge in [0.15, 0.2) is 0 Å². The standard InChI is InChI=1S/C12H16IN3O2/c1-8(7-11(14)15-18)16(2)12(17)9-3-5-10(13)6-4-9/h3-6,8,18H,7H2,1-2H3,(H2,14,15). The Morgan fingerprint density at radius 3 is 2.56 bits per heavy atom. The molecule has 1 atom stereocenters. The number of amidine groups is 1. The Morgan fingerprint density at radius 2 is 2.06 bits per heavy atom. The summed E-state index contributed by atoms with van der Waals surface area (Å²) < 4.78 is 1.08. The van der Waals surface area contributed by atoms with Crippen LogP contribution in [0.25, 0.3) is 0 Å². The topological polar surface area (TPSA) is 78.9 Å². The van der Waals surface area contributed by atoms with Gasteiger partial charge in [-0.05, 0) is 53.8 Å². The van der Waals surface area contributed by atoms with Gasteiger partial charge in [-0.3, -0.25) is 4.79 Å². The van der Waals surface area contributed by atoms with E-state index in [4.69, 9.17) is 10.9 Å². The van der Waals surface area contributed by atoms with E-state index in [1.54, 1.807) is 24.1 Å². The molecule has 0 aliphatic carbocycles. The third-order valence-electron chi connectivity index (χ3n) is 2.71. The molecule has 1 rings (SSSR count). The van der Waals surface area contributed by atoms with Gasteiger partial charge in [0, 0.05) is 28.6 Å². The summed E-state index contributed by atoms with van der Waals surface area (Å²) in [6.45, 7) is 1.85. The van der Waals surface area contributed by atoms with Crippen LogP contribution in [0, 0.1) is 3.57 Å². The number of carbonyl (C=O) groups is 1. The Bertz CT molecular complexity index is 445. The zero-order valence-corrected chi connectivity index (χ0v) is 12.5. The van der Waals surface area contributed by atoms with E-state index in [1.165, 1.54) is 0 Å². The molecule has 1 amide bonds. The number of nitrogens with zero attached hydrogens (tertiary/aromatic N) is 2. The summed E-state index contributed by atoms with van der Waals surface area (Å²) in [5, 5.41) is 11.4. The van der Waals surface area contributed by atoms with Crippen LogP contribution in [0.3, 0.4) is 0 Å². The third-order valence-corrected chi connectivity index (χ3v) is 3.42. The molecule has 0 saturated carbocycles. The average molecular weight is 361 g/mol. The van der Waals surface area contributed by atoms with Crippen LogP contribution in [0.5, 0.6) is 0 Å². The molecule has 1 aromatic carbocycles. The summed E-state index contributed by atoms with van der Waals surface area (Å²) in [5.74, 6) is 0.0365. The molecule has 1 unspecified atom stereocenters. The number of rotatable bonds is 4. The molecule has 0 fully saturated rings. The van der Waals surface area contributed by atoms with Crippen LogP contribution in [0.15, 0.2) is 29.4 Å². The number of benzene rings is 1. The van der Waals surface area contributed by atoms with Crippen molar-refractivity contribution in [3.05, 3.63) is 33.4 Å². The Balaban J connectivity index is 2.74. The highest BCUT2D eigenvalue weighted by Crippen LogP contribution is 2.11. The summed E-state index contributed by atoms with van der Waals surface area (Å²) in [4.78, 5) is 13.7. The van der Waals surface area contributed by atoms with E-state index in [0.29, 0.717) is 12.0 Å². The van der Waals surface area contributed by atoms with E-state index in [-0.39, 0.29) is 17.8 Å². The molecule has 0 spiro atoms. The molecule has 0 bridgehead atoms. The fraction of sp³-hybridized carbons (Fsp3) is 0.333. The van der Waals surface area contributed by atoms with Crippen molar-refractivity contribution in [3.63, 3.8) is 0 Å². The molecule has 98 valence electrons. The van der Waals surface area contributed by atoms with Crippen LogP contribution in [-0.2, 0) is 0 Å². The molecule has 3 N–H and O–H groups in total. The molecule has 0 aliphatic heterocycles. The maximum absolute atomic E-state index is 12.1. The lowest BCUT2D eigenvalue weighted by molar-refractivity contribution is 0.0747. The van der Waals surface area contributed by atoms with Crippen molar-refractivity contribution >= 4 is 34.3 Å². The molecule has 0 aliphatic rings. The van der Waals surface area contributed by atoms with Gasteiger partial charge in [-0.1, -0.05) is 5.16 Å². The molecule has 18 heavy (non-hydrogen) atoms. The summed E-state index contributed by atoms with van der Waals surface area (Å²) in [5.41, 5.74) is 6.06. The summed E-state index contributed by atoms with van der Waals surface area (Å²) in [7, 11) is 1.70. The second-order valence-corrected chi connectivity index (χ2v) is 5.31. The quantitative estimate of drug-likeness (QED) is 0.283. The SMILES string of the molecule is CC(CC(N)=NO)N(C)C(=O)c1ccc(I)cc1. The first-order chi connectivity index (χ1) is 8.45. The number of halogens is 1. The van der Waals surface area contributed by atoms with Gasteiger partial charge in [0.25, 0.3) is 5.91 Å². The van der Waals surface area contributed by atoms with Gasteiger partial charge >= 0.3 is 0 Å². The van der Waals surface area contributed by atoms with Crippen LogP contribution < -0.4 is 5.73 Å². The third kappa shape index (κ3) is 3.86. The van der Waals surface area contributed by atoms with E-state index in [1.807, 2.05) is 19.1 Å². The summed E-state index contributed by atoms with van der Waals surface area (Å²) in [6.07, 6.45) is 0.336. The van der Waals surface area contributed by atoms with Crippen LogP contribution in [0.1, 0.15) is 23.7 Å². The van der Waals surface area contributed by atoms with Crippen molar-refractivity contribution in [2.45, 2.75) is 19.4 Å². The molecule has 0 heterocycles. The van der Waals surface area contributed by atoms with Crippen molar-refractivity contribution in [2.24, 2.45) is 10.9 Å². The smallest absolute Gasteiger partial charge is 0.253 e. The highest BCUT2D eigenvalue weighted by Gasteiger charge is 2.18. The van der Waals surface area contributed by atoms with Crippen molar-refractivity contribution in [2.75, 3.05) is 7.05 Å². The number of hydrogen-bond donors (Lipinski definition) is 2. The Hall–Kier alpha value is -1.31. The summed E-state index contributed by atoms with van der Waals surface area (Å²) >= 11 is 2.19. The van der Waals surface area contributed by atoms with Gasteiger partial charge in [-0.25, -0.2) is 0 Å². The highest BCUT2D eigenvalue weighted by atomic mass is 127. The lowest BCUT2D eigenvalue weighted by Gasteiger charge is -2.24. The Labute approximate surface area is 120 Å². The van der Waals surface area contributed by atoms with Crippen molar-refractivity contribution < 1.29 is 10.0 Å². The van der Waals surface area contributed by atoms with E-state index in [0.717, 1.165) is 3.57 Å². The minimum atomic E-state index is -0.132. The fourth-order valence-electron chi connectivity index (χ4n) is 1.48. The first kappa shape index (κ1) is 14.7. The first-order valence-corrected chi connectivity index (χ1v) is 6.52. The van der Waals surface area contributed by atoms with Crippen molar-refractivity contribution in [1.29, 1.82) is 0 Å². The number of nitrogens with two attached hydrogens (primary N) is 1. The molecular weight excluding hydrogens is 345 g/mol. The second kappa shape index (κ2) is 6.58. The van der Waals surface area contributed by atoms with Crippen LogP contribution in [-0.4, -0.2) is 34.9 Å². The molecule has 0 saturated heterocycles. The monoisotopic (exact) mass is 361 g/mol. The van der Waals surface area contributed by atoms with Gasteiger partial charge < -0.3 is 15.8 Å².